The van der Waals surface area contributed by atoms with Crippen molar-refractivity contribution in [2.24, 2.45) is 5.92 Å². The van der Waals surface area contributed by atoms with Gasteiger partial charge in [0.05, 0.1) is 0 Å². The summed E-state index contributed by atoms with van der Waals surface area (Å²) in [6.45, 7) is 7.01. The summed E-state index contributed by atoms with van der Waals surface area (Å²) in [4.78, 5) is 18.9. The second-order valence-electron chi connectivity index (χ2n) is 6.24. The molecule has 1 aromatic rings. The van der Waals surface area contributed by atoms with Gasteiger partial charge in [0, 0.05) is 24.3 Å². The van der Waals surface area contributed by atoms with Crippen LogP contribution >= 0.6 is 11.6 Å². The van der Waals surface area contributed by atoms with Gasteiger partial charge < -0.3 is 10.2 Å². The van der Waals surface area contributed by atoms with Crippen LogP contribution in [0.25, 0.3) is 0 Å². The van der Waals surface area contributed by atoms with Gasteiger partial charge in [0.25, 0.3) is 5.91 Å². The number of nitrogens with one attached hydrogen (secondary N) is 1. The zero-order valence-electron chi connectivity index (χ0n) is 13.0. The number of halogens is 1. The van der Waals surface area contributed by atoms with Crippen LogP contribution in [0.1, 0.15) is 48.7 Å². The maximum Gasteiger partial charge on any atom is 0.251 e. The number of pyridine rings is 1. The lowest BCUT2D eigenvalue weighted by molar-refractivity contribution is 0.0936. The third kappa shape index (κ3) is 4.68. The number of rotatable bonds is 4. The first-order valence-electron chi connectivity index (χ1n) is 7.60. The molecule has 2 rings (SSSR count). The lowest BCUT2D eigenvalue weighted by atomic mass is 9.98. The molecule has 4 nitrogen and oxygen atoms in total. The Labute approximate surface area is 131 Å². The zero-order chi connectivity index (χ0) is 15.4. The third-order valence-electron chi connectivity index (χ3n) is 3.94. The Balaban J connectivity index is 1.96. The average Bonchev–Trinajstić information content (AvgIpc) is 2.44. The second kappa shape index (κ2) is 7.23. The molecule has 1 atom stereocenters. The Morgan fingerprint density at radius 3 is 2.95 bits per heavy atom. The summed E-state index contributed by atoms with van der Waals surface area (Å²) in [6.07, 6.45) is 2.38. The number of hydrogen-bond acceptors (Lipinski definition) is 3. The topological polar surface area (TPSA) is 45.2 Å². The van der Waals surface area contributed by atoms with Crippen LogP contribution < -0.4 is 5.32 Å². The lowest BCUT2D eigenvalue weighted by Crippen LogP contribution is -2.39. The van der Waals surface area contributed by atoms with Gasteiger partial charge in [0.15, 0.2) is 0 Å². The number of carbonyl (C=O) groups excluding carboxylic acids is 1. The molecule has 2 heterocycles. The van der Waals surface area contributed by atoms with Gasteiger partial charge in [0.1, 0.15) is 5.15 Å². The SMILES string of the molecule is CC(C)c1cc(C(=O)NCC2CCCN(C)C2)cc(Cl)n1. The Bertz CT molecular complexity index is 504. The molecule has 1 aliphatic rings. The standard InChI is InChI=1S/C16H24ClN3O/c1-11(2)14-7-13(8-15(17)19-14)16(21)18-9-12-5-4-6-20(3)10-12/h7-8,11-12H,4-6,9-10H2,1-3H3,(H,18,21). The van der Waals surface area contributed by atoms with Crippen LogP contribution in [0.15, 0.2) is 12.1 Å². The van der Waals surface area contributed by atoms with Crippen LogP contribution in [0.3, 0.4) is 0 Å². The molecule has 0 saturated carbocycles. The van der Waals surface area contributed by atoms with Crippen LogP contribution in [-0.4, -0.2) is 42.5 Å². The molecular formula is C16H24ClN3O. The quantitative estimate of drug-likeness (QED) is 0.870. The van der Waals surface area contributed by atoms with Gasteiger partial charge >= 0.3 is 0 Å². The largest absolute Gasteiger partial charge is 0.352 e. The molecule has 1 N–H and O–H groups in total. The summed E-state index contributed by atoms with van der Waals surface area (Å²) in [5.41, 5.74) is 1.45. The van der Waals surface area contributed by atoms with Crippen LogP contribution in [0, 0.1) is 5.92 Å². The molecule has 0 radical (unpaired) electrons. The first-order valence-corrected chi connectivity index (χ1v) is 7.97. The minimum Gasteiger partial charge on any atom is -0.352 e. The van der Waals surface area contributed by atoms with Gasteiger partial charge in [0.2, 0.25) is 0 Å². The Morgan fingerprint density at radius 2 is 2.29 bits per heavy atom. The normalized spacial score (nSPS) is 19.8. The van der Waals surface area contributed by atoms with Crippen molar-refractivity contribution in [3.8, 4) is 0 Å². The van der Waals surface area contributed by atoms with Crippen molar-refractivity contribution in [3.05, 3.63) is 28.5 Å². The fourth-order valence-corrected chi connectivity index (χ4v) is 2.94. The van der Waals surface area contributed by atoms with Crippen molar-refractivity contribution < 1.29 is 4.79 Å². The monoisotopic (exact) mass is 309 g/mol. The number of carbonyl (C=O) groups is 1. The van der Waals surface area contributed by atoms with E-state index in [9.17, 15) is 4.79 Å². The second-order valence-corrected chi connectivity index (χ2v) is 6.63. The van der Waals surface area contributed by atoms with E-state index in [1.165, 1.54) is 12.8 Å². The first kappa shape index (κ1) is 16.2. The van der Waals surface area contributed by atoms with Crippen LogP contribution in [-0.2, 0) is 0 Å². The molecule has 1 saturated heterocycles. The molecule has 1 fully saturated rings. The molecule has 116 valence electrons. The van der Waals surface area contributed by atoms with E-state index in [1.807, 2.05) is 19.9 Å². The number of piperidine rings is 1. The van der Waals surface area contributed by atoms with E-state index in [4.69, 9.17) is 11.6 Å². The molecule has 0 spiro atoms. The third-order valence-corrected chi connectivity index (χ3v) is 4.13. The smallest absolute Gasteiger partial charge is 0.251 e. The number of nitrogens with zero attached hydrogens (tertiary/aromatic N) is 2. The molecule has 0 aliphatic carbocycles. The van der Waals surface area contributed by atoms with Crippen LogP contribution in [0.4, 0.5) is 0 Å². The van der Waals surface area contributed by atoms with Crippen molar-refractivity contribution in [2.45, 2.75) is 32.6 Å². The highest BCUT2D eigenvalue weighted by Crippen LogP contribution is 2.18. The molecular weight excluding hydrogens is 286 g/mol. The maximum absolute atomic E-state index is 12.3. The van der Waals surface area contributed by atoms with Gasteiger partial charge in [-0.15, -0.1) is 0 Å². The summed E-state index contributed by atoms with van der Waals surface area (Å²) in [5, 5.41) is 3.41. The molecule has 0 bridgehead atoms. The summed E-state index contributed by atoms with van der Waals surface area (Å²) < 4.78 is 0. The zero-order valence-corrected chi connectivity index (χ0v) is 13.8. The Hall–Kier alpha value is -1.13. The van der Waals surface area contributed by atoms with Crippen molar-refractivity contribution in [1.82, 2.24) is 15.2 Å². The maximum atomic E-state index is 12.3. The first-order chi connectivity index (χ1) is 9.95. The highest BCUT2D eigenvalue weighted by molar-refractivity contribution is 6.29. The van der Waals surface area contributed by atoms with Crippen molar-refractivity contribution in [1.29, 1.82) is 0 Å². The van der Waals surface area contributed by atoms with E-state index in [0.29, 0.717) is 16.6 Å². The van der Waals surface area contributed by atoms with Crippen LogP contribution in [0.2, 0.25) is 5.15 Å². The van der Waals surface area contributed by atoms with E-state index in [0.717, 1.165) is 25.3 Å². The van der Waals surface area contributed by atoms with E-state index >= 15 is 0 Å². The number of aromatic nitrogens is 1. The highest BCUT2D eigenvalue weighted by Gasteiger charge is 2.18. The highest BCUT2D eigenvalue weighted by atomic mass is 35.5. The fraction of sp³-hybridized carbons (Fsp3) is 0.625. The average molecular weight is 310 g/mol. The molecule has 1 amide bonds. The van der Waals surface area contributed by atoms with Crippen molar-refractivity contribution in [2.75, 3.05) is 26.7 Å². The predicted octanol–water partition coefficient (Wildman–Crippen LogP) is 2.93. The summed E-state index contributed by atoms with van der Waals surface area (Å²) >= 11 is 6.01. The van der Waals surface area contributed by atoms with Gasteiger partial charge in [-0.2, -0.15) is 0 Å². The minimum atomic E-state index is -0.0607. The van der Waals surface area contributed by atoms with Crippen LogP contribution in [0.5, 0.6) is 0 Å². The van der Waals surface area contributed by atoms with E-state index in [1.54, 1.807) is 6.07 Å². The summed E-state index contributed by atoms with van der Waals surface area (Å²) in [7, 11) is 2.13. The minimum absolute atomic E-state index is 0.0607. The molecule has 1 aliphatic heterocycles. The molecule has 5 heteroatoms. The van der Waals surface area contributed by atoms with Gasteiger partial charge in [-0.25, -0.2) is 4.98 Å². The van der Waals surface area contributed by atoms with Gasteiger partial charge in [-0.05, 0) is 50.4 Å². The molecule has 0 aromatic carbocycles. The molecule has 1 aromatic heterocycles. The van der Waals surface area contributed by atoms with Gasteiger partial charge in [-0.3, -0.25) is 4.79 Å². The summed E-state index contributed by atoms with van der Waals surface area (Å²) in [6, 6.07) is 3.47. The van der Waals surface area contributed by atoms with E-state index < -0.39 is 0 Å². The van der Waals surface area contributed by atoms with Crippen molar-refractivity contribution in [3.63, 3.8) is 0 Å². The predicted molar refractivity (Wildman–Crippen MR) is 85.9 cm³/mol. The lowest BCUT2D eigenvalue weighted by Gasteiger charge is -2.29. The van der Waals surface area contributed by atoms with Crippen molar-refractivity contribution >= 4 is 17.5 Å². The molecule has 21 heavy (non-hydrogen) atoms. The molecule has 1 unspecified atom stereocenters. The fourth-order valence-electron chi connectivity index (χ4n) is 2.72. The van der Waals surface area contributed by atoms with E-state index in [2.05, 4.69) is 22.2 Å². The number of hydrogen-bond donors (Lipinski definition) is 1. The van der Waals surface area contributed by atoms with E-state index in [-0.39, 0.29) is 11.8 Å². The number of amides is 1. The van der Waals surface area contributed by atoms with Gasteiger partial charge in [-0.1, -0.05) is 25.4 Å². The Morgan fingerprint density at radius 1 is 1.52 bits per heavy atom. The summed E-state index contributed by atoms with van der Waals surface area (Å²) in [5.74, 6) is 0.728. The number of likely N-dealkylation sites (tertiary alicyclic amines) is 1. The Kier molecular flexibility index (Phi) is 5.59.